The van der Waals surface area contributed by atoms with E-state index in [0.29, 0.717) is 6.61 Å². The number of aromatic nitrogens is 1. The minimum atomic E-state index is 0.667. The van der Waals surface area contributed by atoms with Crippen LogP contribution in [0.25, 0.3) is 0 Å². The predicted molar refractivity (Wildman–Crippen MR) is 66.5 cm³/mol. The van der Waals surface area contributed by atoms with Crippen molar-refractivity contribution >= 4 is 11.3 Å². The highest BCUT2D eigenvalue weighted by molar-refractivity contribution is 7.09. The Labute approximate surface area is 101 Å². The van der Waals surface area contributed by atoms with Crippen LogP contribution in [0.15, 0.2) is 5.38 Å². The van der Waals surface area contributed by atoms with Gasteiger partial charge in [-0.15, -0.1) is 11.3 Å². The van der Waals surface area contributed by atoms with Gasteiger partial charge in [0, 0.05) is 24.6 Å². The van der Waals surface area contributed by atoms with Crippen LogP contribution in [0.3, 0.4) is 0 Å². The molecule has 1 aliphatic rings. The van der Waals surface area contributed by atoms with Gasteiger partial charge >= 0.3 is 0 Å². The normalized spacial score (nSPS) is 15.6. The van der Waals surface area contributed by atoms with Gasteiger partial charge in [0.15, 0.2) is 0 Å². The zero-order chi connectivity index (χ0) is 11.2. The first-order chi connectivity index (χ1) is 7.88. The third-order valence-corrected chi connectivity index (χ3v) is 3.51. The summed E-state index contributed by atoms with van der Waals surface area (Å²) in [5.41, 5.74) is 1.08. The molecule has 0 aromatic carbocycles. The lowest BCUT2D eigenvalue weighted by atomic mass is 10.4. The van der Waals surface area contributed by atoms with Gasteiger partial charge in [0.1, 0.15) is 5.01 Å². The molecule has 2 rings (SSSR count). The second kappa shape index (κ2) is 6.33. The Morgan fingerprint density at radius 3 is 3.19 bits per heavy atom. The lowest BCUT2D eigenvalue weighted by molar-refractivity contribution is 0.116. The predicted octanol–water partition coefficient (Wildman–Crippen LogP) is 2.71. The van der Waals surface area contributed by atoms with Crippen LogP contribution in [0.4, 0.5) is 0 Å². The third-order valence-electron chi connectivity index (χ3n) is 2.61. The number of ether oxygens (including phenoxy) is 1. The molecule has 1 aromatic heterocycles. The number of nitrogens with one attached hydrogen (secondary N) is 1. The van der Waals surface area contributed by atoms with E-state index in [9.17, 15) is 0 Å². The van der Waals surface area contributed by atoms with E-state index in [2.05, 4.69) is 22.6 Å². The molecule has 90 valence electrons. The molecule has 1 saturated carbocycles. The van der Waals surface area contributed by atoms with Gasteiger partial charge in [-0.1, -0.05) is 13.3 Å². The molecule has 0 spiro atoms. The Balaban J connectivity index is 1.64. The fourth-order valence-corrected chi connectivity index (χ4v) is 2.17. The van der Waals surface area contributed by atoms with E-state index in [4.69, 9.17) is 4.74 Å². The summed E-state index contributed by atoms with van der Waals surface area (Å²) in [7, 11) is 0. The summed E-state index contributed by atoms with van der Waals surface area (Å²) in [4.78, 5) is 4.54. The van der Waals surface area contributed by atoms with Gasteiger partial charge in [-0.05, 0) is 19.3 Å². The van der Waals surface area contributed by atoms with Crippen LogP contribution in [0.5, 0.6) is 0 Å². The Bertz CT molecular complexity index is 310. The lowest BCUT2D eigenvalue weighted by Crippen LogP contribution is -2.15. The van der Waals surface area contributed by atoms with Gasteiger partial charge in [-0.2, -0.15) is 0 Å². The van der Waals surface area contributed by atoms with Crippen molar-refractivity contribution in [2.45, 2.75) is 51.8 Å². The Hall–Kier alpha value is -0.450. The molecule has 1 aliphatic carbocycles. The van der Waals surface area contributed by atoms with Crippen LogP contribution >= 0.6 is 11.3 Å². The van der Waals surface area contributed by atoms with Crippen molar-refractivity contribution in [3.8, 4) is 0 Å². The first-order valence-corrected chi connectivity index (χ1v) is 7.01. The number of rotatable bonds is 8. The maximum Gasteiger partial charge on any atom is 0.107 e. The van der Waals surface area contributed by atoms with Gasteiger partial charge in [-0.3, -0.25) is 0 Å². The van der Waals surface area contributed by atoms with Crippen molar-refractivity contribution in [1.29, 1.82) is 0 Å². The maximum absolute atomic E-state index is 5.54. The summed E-state index contributed by atoms with van der Waals surface area (Å²) >= 11 is 1.73. The second-order valence-corrected chi connectivity index (χ2v) is 5.24. The molecule has 1 aromatic rings. The van der Waals surface area contributed by atoms with Crippen LogP contribution in [0.1, 0.15) is 43.3 Å². The van der Waals surface area contributed by atoms with E-state index in [1.807, 2.05) is 0 Å². The van der Waals surface area contributed by atoms with Crippen LogP contribution in [-0.2, 0) is 17.9 Å². The summed E-state index contributed by atoms with van der Waals surface area (Å²) in [5.74, 6) is 0. The van der Waals surface area contributed by atoms with Crippen molar-refractivity contribution in [3.05, 3.63) is 16.1 Å². The molecule has 4 heteroatoms. The number of nitrogens with zero attached hydrogens (tertiary/aromatic N) is 1. The molecule has 0 saturated heterocycles. The first-order valence-electron chi connectivity index (χ1n) is 6.13. The third kappa shape index (κ3) is 4.20. The molecule has 0 bridgehead atoms. The van der Waals surface area contributed by atoms with E-state index in [1.165, 1.54) is 24.3 Å². The molecule has 1 N–H and O–H groups in total. The maximum atomic E-state index is 5.54. The van der Waals surface area contributed by atoms with E-state index in [1.54, 1.807) is 11.3 Å². The molecular weight excluding hydrogens is 220 g/mol. The number of hydrogen-bond acceptors (Lipinski definition) is 4. The summed E-state index contributed by atoms with van der Waals surface area (Å²) in [6.07, 6.45) is 4.99. The summed E-state index contributed by atoms with van der Waals surface area (Å²) in [5, 5.41) is 6.76. The topological polar surface area (TPSA) is 34.1 Å². The van der Waals surface area contributed by atoms with Crippen molar-refractivity contribution < 1.29 is 4.74 Å². The van der Waals surface area contributed by atoms with Gasteiger partial charge in [0.2, 0.25) is 0 Å². The Morgan fingerprint density at radius 1 is 1.56 bits per heavy atom. The fraction of sp³-hybridized carbons (Fsp3) is 0.750. The van der Waals surface area contributed by atoms with Crippen molar-refractivity contribution in [2.75, 3.05) is 6.61 Å². The number of hydrogen-bond donors (Lipinski definition) is 1. The van der Waals surface area contributed by atoms with Crippen molar-refractivity contribution in [1.82, 2.24) is 10.3 Å². The molecule has 0 aliphatic heterocycles. The SMILES string of the molecule is CCCCOCc1csc(CNC2CC2)n1. The Morgan fingerprint density at radius 2 is 2.44 bits per heavy atom. The van der Waals surface area contributed by atoms with Crippen LogP contribution in [0.2, 0.25) is 0 Å². The van der Waals surface area contributed by atoms with Gasteiger partial charge < -0.3 is 10.1 Å². The fourth-order valence-electron chi connectivity index (χ4n) is 1.44. The molecule has 0 amide bonds. The monoisotopic (exact) mass is 240 g/mol. The van der Waals surface area contributed by atoms with Gasteiger partial charge in [-0.25, -0.2) is 4.98 Å². The second-order valence-electron chi connectivity index (χ2n) is 4.29. The smallest absolute Gasteiger partial charge is 0.107 e. The van der Waals surface area contributed by atoms with E-state index >= 15 is 0 Å². The van der Waals surface area contributed by atoms with Gasteiger partial charge in [0.05, 0.1) is 12.3 Å². The highest BCUT2D eigenvalue weighted by atomic mass is 32.1. The molecular formula is C12H20N2OS. The Kier molecular flexibility index (Phi) is 4.75. The minimum absolute atomic E-state index is 0.667. The first kappa shape index (κ1) is 12.0. The molecule has 1 heterocycles. The average Bonchev–Trinajstić information content (AvgIpc) is 3.02. The summed E-state index contributed by atoms with van der Waals surface area (Å²) < 4.78 is 5.54. The lowest BCUT2D eigenvalue weighted by Gasteiger charge is -2.00. The molecule has 0 unspecified atom stereocenters. The van der Waals surface area contributed by atoms with Crippen molar-refractivity contribution in [2.24, 2.45) is 0 Å². The van der Waals surface area contributed by atoms with Crippen molar-refractivity contribution in [3.63, 3.8) is 0 Å². The molecule has 0 atom stereocenters. The summed E-state index contributed by atoms with van der Waals surface area (Å²) in [6.45, 7) is 4.61. The largest absolute Gasteiger partial charge is 0.375 e. The van der Waals surface area contributed by atoms with Crippen LogP contribution in [-0.4, -0.2) is 17.6 Å². The number of thiazole rings is 1. The molecule has 1 fully saturated rings. The zero-order valence-electron chi connectivity index (χ0n) is 9.87. The van der Waals surface area contributed by atoms with Crippen LogP contribution < -0.4 is 5.32 Å². The highest BCUT2D eigenvalue weighted by Gasteiger charge is 2.20. The minimum Gasteiger partial charge on any atom is -0.375 e. The van der Waals surface area contributed by atoms with E-state index in [0.717, 1.165) is 31.3 Å². The number of unbranched alkanes of at least 4 members (excludes halogenated alkanes) is 1. The molecule has 0 radical (unpaired) electrons. The van der Waals surface area contributed by atoms with E-state index < -0.39 is 0 Å². The van der Waals surface area contributed by atoms with E-state index in [-0.39, 0.29) is 0 Å². The highest BCUT2D eigenvalue weighted by Crippen LogP contribution is 2.20. The summed E-state index contributed by atoms with van der Waals surface area (Å²) in [6, 6.07) is 0.758. The van der Waals surface area contributed by atoms with Gasteiger partial charge in [0.25, 0.3) is 0 Å². The quantitative estimate of drug-likeness (QED) is 0.709. The zero-order valence-corrected chi connectivity index (χ0v) is 10.7. The molecule has 16 heavy (non-hydrogen) atoms. The molecule has 3 nitrogen and oxygen atoms in total. The standard InChI is InChI=1S/C12H20N2OS/c1-2-3-6-15-8-11-9-16-12(14-11)7-13-10-4-5-10/h9-10,13H,2-8H2,1H3. The average molecular weight is 240 g/mol. The van der Waals surface area contributed by atoms with Crippen LogP contribution in [0, 0.1) is 0 Å².